The van der Waals surface area contributed by atoms with Gasteiger partial charge in [0.1, 0.15) is 11.3 Å². The number of halogens is 1. The number of hydrogen-bond acceptors (Lipinski definition) is 4. The standard InChI is InChI=1S/C16H10ClN3O4/c17-12-6-2-4-8-14(12)19-9-11(16(21)22)15(18-19)10-5-1-3-7-13(10)20(23)24/h1-9H,(H,21,22). The summed E-state index contributed by atoms with van der Waals surface area (Å²) in [5.41, 5.74) is 0.251. The van der Waals surface area contributed by atoms with Crippen LogP contribution in [0.3, 0.4) is 0 Å². The highest BCUT2D eigenvalue weighted by atomic mass is 35.5. The van der Waals surface area contributed by atoms with E-state index in [-0.39, 0.29) is 22.5 Å². The van der Waals surface area contributed by atoms with Crippen LogP contribution in [0.1, 0.15) is 10.4 Å². The Labute approximate surface area is 140 Å². The number of nitro benzene ring substituents is 1. The maximum atomic E-state index is 11.5. The van der Waals surface area contributed by atoms with Gasteiger partial charge in [-0.1, -0.05) is 35.9 Å². The average Bonchev–Trinajstić information content (AvgIpc) is 3.00. The van der Waals surface area contributed by atoms with Crippen molar-refractivity contribution in [3.05, 3.63) is 75.4 Å². The number of hydrogen-bond donors (Lipinski definition) is 1. The molecule has 8 heteroatoms. The van der Waals surface area contributed by atoms with Crippen molar-refractivity contribution in [3.63, 3.8) is 0 Å². The van der Waals surface area contributed by atoms with E-state index in [9.17, 15) is 20.0 Å². The summed E-state index contributed by atoms with van der Waals surface area (Å²) in [5.74, 6) is -1.23. The number of nitrogens with zero attached hydrogens (tertiary/aromatic N) is 3. The summed E-state index contributed by atoms with van der Waals surface area (Å²) in [7, 11) is 0. The van der Waals surface area contributed by atoms with E-state index in [4.69, 9.17) is 11.6 Å². The van der Waals surface area contributed by atoms with E-state index >= 15 is 0 Å². The zero-order valence-electron chi connectivity index (χ0n) is 12.1. The third-order valence-electron chi connectivity index (χ3n) is 3.40. The number of aromatic nitrogens is 2. The highest BCUT2D eigenvalue weighted by Gasteiger charge is 2.24. The molecule has 3 aromatic rings. The van der Waals surface area contributed by atoms with Crippen LogP contribution in [0, 0.1) is 10.1 Å². The maximum Gasteiger partial charge on any atom is 0.339 e. The van der Waals surface area contributed by atoms with Gasteiger partial charge in [0.25, 0.3) is 5.69 Å². The second kappa shape index (κ2) is 6.13. The minimum absolute atomic E-state index is 0.00900. The van der Waals surface area contributed by atoms with Crippen molar-refractivity contribution < 1.29 is 14.8 Å². The Kier molecular flexibility index (Phi) is 4.01. The van der Waals surface area contributed by atoms with E-state index < -0.39 is 10.9 Å². The molecule has 0 saturated heterocycles. The van der Waals surface area contributed by atoms with Gasteiger partial charge >= 0.3 is 5.97 Å². The summed E-state index contributed by atoms with van der Waals surface area (Å²) in [4.78, 5) is 22.2. The first-order chi connectivity index (χ1) is 11.5. The molecule has 1 N–H and O–H groups in total. The molecule has 0 atom stereocenters. The normalized spacial score (nSPS) is 10.5. The Morgan fingerprint density at radius 3 is 2.50 bits per heavy atom. The first-order valence-corrected chi connectivity index (χ1v) is 7.18. The lowest BCUT2D eigenvalue weighted by molar-refractivity contribution is -0.384. The van der Waals surface area contributed by atoms with Crippen molar-refractivity contribution in [2.24, 2.45) is 0 Å². The summed E-state index contributed by atoms with van der Waals surface area (Å²) in [6.45, 7) is 0. The van der Waals surface area contributed by atoms with Gasteiger partial charge in [-0.05, 0) is 18.2 Å². The highest BCUT2D eigenvalue weighted by Crippen LogP contribution is 2.32. The summed E-state index contributed by atoms with van der Waals surface area (Å²) in [6.07, 6.45) is 1.29. The number of carbonyl (C=O) groups is 1. The lowest BCUT2D eigenvalue weighted by atomic mass is 10.1. The zero-order valence-corrected chi connectivity index (χ0v) is 12.8. The fraction of sp³-hybridized carbons (Fsp3) is 0. The molecule has 0 aliphatic carbocycles. The first-order valence-electron chi connectivity index (χ1n) is 6.80. The van der Waals surface area contributed by atoms with Gasteiger partial charge in [0.15, 0.2) is 0 Å². The molecule has 120 valence electrons. The van der Waals surface area contributed by atoms with Gasteiger partial charge in [-0.25, -0.2) is 9.48 Å². The molecular weight excluding hydrogens is 334 g/mol. The van der Waals surface area contributed by atoms with Gasteiger partial charge in [0.2, 0.25) is 0 Å². The summed E-state index contributed by atoms with van der Waals surface area (Å²) < 4.78 is 1.30. The molecule has 24 heavy (non-hydrogen) atoms. The monoisotopic (exact) mass is 343 g/mol. The van der Waals surface area contributed by atoms with Crippen molar-refractivity contribution in [2.45, 2.75) is 0 Å². The van der Waals surface area contributed by atoms with E-state index in [2.05, 4.69) is 5.10 Å². The predicted molar refractivity (Wildman–Crippen MR) is 87.6 cm³/mol. The number of carboxylic acid groups (broad SMARTS) is 1. The topological polar surface area (TPSA) is 98.3 Å². The van der Waals surface area contributed by atoms with Crippen LogP contribution in [-0.2, 0) is 0 Å². The predicted octanol–water partition coefficient (Wildman–Crippen LogP) is 3.80. The van der Waals surface area contributed by atoms with Gasteiger partial charge in [-0.3, -0.25) is 10.1 Å². The number of benzene rings is 2. The minimum atomic E-state index is -1.23. The van der Waals surface area contributed by atoms with Crippen LogP contribution < -0.4 is 0 Å². The molecule has 0 fully saturated rings. The van der Waals surface area contributed by atoms with Gasteiger partial charge in [0, 0.05) is 12.3 Å². The highest BCUT2D eigenvalue weighted by molar-refractivity contribution is 6.32. The molecule has 1 heterocycles. The Morgan fingerprint density at radius 2 is 1.83 bits per heavy atom. The van der Waals surface area contributed by atoms with Crippen LogP contribution in [-0.4, -0.2) is 25.8 Å². The van der Waals surface area contributed by atoms with Crippen LogP contribution in [0.2, 0.25) is 5.02 Å². The average molecular weight is 344 g/mol. The third kappa shape index (κ3) is 2.72. The maximum absolute atomic E-state index is 11.5. The molecule has 1 aromatic heterocycles. The van der Waals surface area contributed by atoms with Crippen LogP contribution in [0.4, 0.5) is 5.69 Å². The molecule has 0 aliphatic rings. The fourth-order valence-corrected chi connectivity index (χ4v) is 2.55. The van der Waals surface area contributed by atoms with Crippen LogP contribution >= 0.6 is 11.6 Å². The molecule has 0 unspecified atom stereocenters. The molecule has 2 aromatic carbocycles. The van der Waals surface area contributed by atoms with E-state index in [0.717, 1.165) is 0 Å². The SMILES string of the molecule is O=C(O)c1cn(-c2ccccc2Cl)nc1-c1ccccc1[N+](=O)[O-]. The fourth-order valence-electron chi connectivity index (χ4n) is 2.32. The summed E-state index contributed by atoms with van der Waals surface area (Å²) in [5, 5.41) is 25.2. The number of carboxylic acids is 1. The summed E-state index contributed by atoms with van der Waals surface area (Å²) >= 11 is 6.11. The second-order valence-corrected chi connectivity index (χ2v) is 5.27. The van der Waals surface area contributed by atoms with Crippen LogP contribution in [0.5, 0.6) is 0 Å². The van der Waals surface area contributed by atoms with E-state index in [1.807, 2.05) is 0 Å². The molecule has 0 radical (unpaired) electrons. The Hall–Kier alpha value is -3.19. The second-order valence-electron chi connectivity index (χ2n) is 4.87. The van der Waals surface area contributed by atoms with Gasteiger partial charge in [-0.2, -0.15) is 5.10 Å². The van der Waals surface area contributed by atoms with Gasteiger partial charge in [-0.15, -0.1) is 0 Å². The van der Waals surface area contributed by atoms with Crippen molar-refractivity contribution in [3.8, 4) is 16.9 Å². The zero-order chi connectivity index (χ0) is 17.3. The quantitative estimate of drug-likeness (QED) is 0.574. The van der Waals surface area contributed by atoms with Crippen molar-refractivity contribution >= 4 is 23.3 Å². The molecule has 3 rings (SSSR count). The van der Waals surface area contributed by atoms with Crippen molar-refractivity contribution in [2.75, 3.05) is 0 Å². The first kappa shape index (κ1) is 15.7. The smallest absolute Gasteiger partial charge is 0.339 e. The van der Waals surface area contributed by atoms with E-state index in [1.165, 1.54) is 29.1 Å². The lowest BCUT2D eigenvalue weighted by Gasteiger charge is -2.03. The molecule has 0 bridgehead atoms. The summed E-state index contributed by atoms with van der Waals surface area (Å²) in [6, 6.07) is 12.6. The Balaban J connectivity index is 2.25. The Bertz CT molecular complexity index is 952. The van der Waals surface area contributed by atoms with Gasteiger partial charge in [0.05, 0.1) is 21.2 Å². The third-order valence-corrected chi connectivity index (χ3v) is 3.72. The Morgan fingerprint density at radius 1 is 1.17 bits per heavy atom. The van der Waals surface area contributed by atoms with E-state index in [1.54, 1.807) is 30.3 Å². The molecule has 0 spiro atoms. The molecule has 7 nitrogen and oxygen atoms in total. The molecular formula is C16H10ClN3O4. The van der Waals surface area contributed by atoms with E-state index in [0.29, 0.717) is 10.7 Å². The molecule has 0 saturated carbocycles. The van der Waals surface area contributed by atoms with Crippen LogP contribution in [0.15, 0.2) is 54.7 Å². The lowest BCUT2D eigenvalue weighted by Crippen LogP contribution is -1.99. The number of rotatable bonds is 4. The molecule has 0 amide bonds. The van der Waals surface area contributed by atoms with Crippen LogP contribution in [0.25, 0.3) is 16.9 Å². The largest absolute Gasteiger partial charge is 0.478 e. The van der Waals surface area contributed by atoms with Crippen molar-refractivity contribution in [1.29, 1.82) is 0 Å². The number of nitro groups is 1. The molecule has 0 aliphatic heterocycles. The minimum Gasteiger partial charge on any atom is -0.478 e. The number of para-hydroxylation sites is 2. The van der Waals surface area contributed by atoms with Gasteiger partial charge < -0.3 is 5.11 Å². The number of aromatic carboxylic acids is 1. The van der Waals surface area contributed by atoms with Crippen molar-refractivity contribution in [1.82, 2.24) is 9.78 Å².